The molecule has 1 aliphatic heterocycles. The van der Waals surface area contributed by atoms with Crippen LogP contribution in [0, 0.1) is 5.92 Å². The lowest BCUT2D eigenvalue weighted by Gasteiger charge is -2.33. The number of aromatic nitrogens is 1. The molecule has 2 heterocycles. The van der Waals surface area contributed by atoms with Crippen LogP contribution < -0.4 is 10.6 Å². The number of amides is 1. The Morgan fingerprint density at radius 2 is 2.10 bits per heavy atom. The number of hydrogen-bond donors (Lipinski definition) is 1. The zero-order chi connectivity index (χ0) is 14.1. The van der Waals surface area contributed by atoms with Crippen molar-refractivity contribution < 1.29 is 4.79 Å². The van der Waals surface area contributed by atoms with Gasteiger partial charge >= 0.3 is 0 Å². The maximum absolute atomic E-state index is 12.7. The maximum atomic E-state index is 12.7. The molecule has 2 aromatic rings. The molecule has 0 spiro atoms. The van der Waals surface area contributed by atoms with Crippen LogP contribution in [-0.2, 0) is 6.42 Å². The summed E-state index contributed by atoms with van der Waals surface area (Å²) in [5.41, 5.74) is 8.80. The Bertz CT molecular complexity index is 654. The summed E-state index contributed by atoms with van der Waals surface area (Å²) in [4.78, 5) is 18.6. The van der Waals surface area contributed by atoms with Gasteiger partial charge in [0.25, 0.3) is 5.91 Å². The van der Waals surface area contributed by atoms with Crippen LogP contribution in [0.4, 0.5) is 11.4 Å². The molecular formula is C16H17N3O. The van der Waals surface area contributed by atoms with Gasteiger partial charge in [-0.25, -0.2) is 4.98 Å². The van der Waals surface area contributed by atoms with Crippen LogP contribution in [-0.4, -0.2) is 17.4 Å². The highest BCUT2D eigenvalue weighted by atomic mass is 16.2. The standard InChI is InChI=1S/C16H17N3O/c1-11-9-12-5-2-3-7-14(12)19(10-11)16(20)15-13(17)6-4-8-18-15/h2-8,11H,9-10,17H2,1H3. The first kappa shape index (κ1) is 12.7. The molecule has 1 amide bonds. The highest BCUT2D eigenvalue weighted by Crippen LogP contribution is 2.30. The number of benzene rings is 1. The van der Waals surface area contributed by atoms with Crippen molar-refractivity contribution in [1.82, 2.24) is 4.98 Å². The fourth-order valence-corrected chi connectivity index (χ4v) is 2.71. The van der Waals surface area contributed by atoms with Crippen LogP contribution in [0.5, 0.6) is 0 Å². The molecule has 1 atom stereocenters. The lowest BCUT2D eigenvalue weighted by atomic mass is 9.93. The number of pyridine rings is 1. The molecule has 0 aliphatic carbocycles. The van der Waals surface area contributed by atoms with Crippen molar-refractivity contribution in [2.24, 2.45) is 5.92 Å². The van der Waals surface area contributed by atoms with Gasteiger partial charge in [0.2, 0.25) is 0 Å². The van der Waals surface area contributed by atoms with Gasteiger partial charge in [0.1, 0.15) is 0 Å². The maximum Gasteiger partial charge on any atom is 0.279 e. The fraction of sp³-hybridized carbons (Fsp3) is 0.250. The average molecular weight is 267 g/mol. The van der Waals surface area contributed by atoms with Gasteiger partial charge in [-0.2, -0.15) is 0 Å². The number of carbonyl (C=O) groups is 1. The van der Waals surface area contributed by atoms with Crippen molar-refractivity contribution in [3.05, 3.63) is 53.9 Å². The molecule has 1 aromatic heterocycles. The first-order valence-electron chi connectivity index (χ1n) is 6.77. The second-order valence-electron chi connectivity index (χ2n) is 5.30. The summed E-state index contributed by atoms with van der Waals surface area (Å²) in [5.74, 6) is 0.306. The van der Waals surface area contributed by atoms with E-state index < -0.39 is 0 Å². The Morgan fingerprint density at radius 1 is 1.30 bits per heavy atom. The van der Waals surface area contributed by atoms with Crippen molar-refractivity contribution in [1.29, 1.82) is 0 Å². The van der Waals surface area contributed by atoms with Gasteiger partial charge in [0.05, 0.1) is 5.69 Å². The summed E-state index contributed by atoms with van der Waals surface area (Å²) >= 11 is 0. The summed E-state index contributed by atoms with van der Waals surface area (Å²) in [6.07, 6.45) is 2.60. The molecule has 102 valence electrons. The third-order valence-electron chi connectivity index (χ3n) is 3.63. The van der Waals surface area contributed by atoms with Gasteiger partial charge in [-0.05, 0) is 36.1 Å². The van der Waals surface area contributed by atoms with Crippen LogP contribution in [0.1, 0.15) is 23.0 Å². The third-order valence-corrected chi connectivity index (χ3v) is 3.63. The summed E-state index contributed by atoms with van der Waals surface area (Å²) in [6.45, 7) is 2.85. The predicted molar refractivity (Wildman–Crippen MR) is 79.6 cm³/mol. The number of nitrogen functional groups attached to an aromatic ring is 1. The number of hydrogen-bond acceptors (Lipinski definition) is 3. The number of nitrogens with zero attached hydrogens (tertiary/aromatic N) is 2. The molecule has 20 heavy (non-hydrogen) atoms. The Balaban J connectivity index is 2.02. The topological polar surface area (TPSA) is 59.2 Å². The lowest BCUT2D eigenvalue weighted by molar-refractivity contribution is 0.0977. The molecule has 0 fully saturated rings. The van der Waals surface area contributed by atoms with Crippen molar-refractivity contribution in [3.63, 3.8) is 0 Å². The van der Waals surface area contributed by atoms with Crippen LogP contribution in [0.25, 0.3) is 0 Å². The van der Waals surface area contributed by atoms with Gasteiger partial charge in [-0.1, -0.05) is 25.1 Å². The molecule has 1 aliphatic rings. The van der Waals surface area contributed by atoms with Crippen LogP contribution in [0.15, 0.2) is 42.6 Å². The lowest BCUT2D eigenvalue weighted by Crippen LogP contribution is -2.39. The van der Waals surface area contributed by atoms with Crippen molar-refractivity contribution in [3.8, 4) is 0 Å². The first-order chi connectivity index (χ1) is 9.66. The van der Waals surface area contributed by atoms with Gasteiger partial charge in [0.15, 0.2) is 5.69 Å². The average Bonchev–Trinajstić information content (AvgIpc) is 2.46. The van der Waals surface area contributed by atoms with E-state index in [0.29, 0.717) is 23.8 Å². The van der Waals surface area contributed by atoms with E-state index in [-0.39, 0.29) is 5.91 Å². The number of rotatable bonds is 1. The summed E-state index contributed by atoms with van der Waals surface area (Å²) in [6, 6.07) is 11.5. The van der Waals surface area contributed by atoms with Crippen molar-refractivity contribution in [2.75, 3.05) is 17.2 Å². The highest BCUT2D eigenvalue weighted by molar-refractivity contribution is 6.08. The summed E-state index contributed by atoms with van der Waals surface area (Å²) in [5, 5.41) is 0. The van der Waals surface area contributed by atoms with E-state index in [0.717, 1.165) is 12.1 Å². The number of carbonyl (C=O) groups excluding carboxylic acids is 1. The second-order valence-corrected chi connectivity index (χ2v) is 5.30. The minimum absolute atomic E-state index is 0.123. The van der Waals surface area contributed by atoms with Crippen LogP contribution in [0.2, 0.25) is 0 Å². The Hall–Kier alpha value is -2.36. The molecule has 0 bridgehead atoms. The number of anilines is 2. The quantitative estimate of drug-likeness (QED) is 0.863. The molecule has 0 radical (unpaired) electrons. The largest absolute Gasteiger partial charge is 0.397 e. The molecule has 3 rings (SSSR count). The van der Waals surface area contributed by atoms with E-state index in [2.05, 4.69) is 18.0 Å². The Kier molecular flexibility index (Phi) is 3.14. The number of fused-ring (bicyclic) bond motifs is 1. The van der Waals surface area contributed by atoms with Gasteiger partial charge < -0.3 is 10.6 Å². The van der Waals surface area contributed by atoms with E-state index >= 15 is 0 Å². The molecule has 4 heteroatoms. The number of nitrogens with two attached hydrogens (primary N) is 1. The predicted octanol–water partition coefficient (Wildman–Crippen LogP) is 2.50. The zero-order valence-electron chi connectivity index (χ0n) is 11.4. The normalized spacial score (nSPS) is 17.6. The van der Waals surface area contributed by atoms with Gasteiger partial charge in [-0.3, -0.25) is 4.79 Å². The smallest absolute Gasteiger partial charge is 0.279 e. The van der Waals surface area contributed by atoms with Gasteiger partial charge in [0, 0.05) is 18.4 Å². The minimum Gasteiger partial charge on any atom is -0.397 e. The first-order valence-corrected chi connectivity index (χ1v) is 6.77. The molecule has 2 N–H and O–H groups in total. The van der Waals surface area contributed by atoms with Crippen molar-refractivity contribution >= 4 is 17.3 Å². The van der Waals surface area contributed by atoms with Crippen LogP contribution in [0.3, 0.4) is 0 Å². The third kappa shape index (κ3) is 2.13. The molecule has 0 saturated heterocycles. The molecule has 1 unspecified atom stereocenters. The van der Waals surface area contributed by atoms with Gasteiger partial charge in [-0.15, -0.1) is 0 Å². The molecule has 4 nitrogen and oxygen atoms in total. The van der Waals surface area contributed by atoms with Crippen molar-refractivity contribution in [2.45, 2.75) is 13.3 Å². The second kappa shape index (κ2) is 4.96. The van der Waals surface area contributed by atoms with E-state index in [1.165, 1.54) is 5.56 Å². The highest BCUT2D eigenvalue weighted by Gasteiger charge is 2.28. The molecule has 1 aromatic carbocycles. The van der Waals surface area contributed by atoms with E-state index in [4.69, 9.17) is 5.73 Å². The summed E-state index contributed by atoms with van der Waals surface area (Å²) in [7, 11) is 0. The SMILES string of the molecule is CC1Cc2ccccc2N(C(=O)c2ncccc2N)C1. The van der Waals surface area contributed by atoms with E-state index in [9.17, 15) is 4.79 Å². The molecular weight excluding hydrogens is 250 g/mol. The Morgan fingerprint density at radius 3 is 2.90 bits per heavy atom. The summed E-state index contributed by atoms with van der Waals surface area (Å²) < 4.78 is 0. The van der Waals surface area contributed by atoms with E-state index in [1.54, 1.807) is 23.2 Å². The fourth-order valence-electron chi connectivity index (χ4n) is 2.71. The zero-order valence-corrected chi connectivity index (χ0v) is 11.4. The number of para-hydroxylation sites is 1. The Labute approximate surface area is 118 Å². The minimum atomic E-state index is -0.123. The van der Waals surface area contributed by atoms with Crippen LogP contribution >= 0.6 is 0 Å². The molecule has 0 saturated carbocycles. The van der Waals surface area contributed by atoms with E-state index in [1.807, 2.05) is 18.2 Å². The monoisotopic (exact) mass is 267 g/mol.